The topological polar surface area (TPSA) is 3.24 Å². The average molecular weight is 155 g/mol. The number of likely N-dealkylation sites (tertiary alicyclic amines) is 1. The zero-order chi connectivity index (χ0) is 8.27. The third-order valence-corrected chi connectivity index (χ3v) is 2.94. The van der Waals surface area contributed by atoms with Crippen molar-refractivity contribution in [3.63, 3.8) is 0 Å². The van der Waals surface area contributed by atoms with E-state index in [0.29, 0.717) is 0 Å². The Morgan fingerprint density at radius 2 is 1.91 bits per heavy atom. The van der Waals surface area contributed by atoms with Crippen molar-refractivity contribution in [2.75, 3.05) is 20.1 Å². The molecule has 0 amide bonds. The second kappa shape index (κ2) is 4.10. The van der Waals surface area contributed by atoms with E-state index in [0.717, 1.165) is 11.8 Å². The minimum atomic E-state index is 0.890. The minimum absolute atomic E-state index is 0.890. The van der Waals surface area contributed by atoms with E-state index in [4.69, 9.17) is 0 Å². The quantitative estimate of drug-likeness (QED) is 0.562. The van der Waals surface area contributed by atoms with Crippen molar-refractivity contribution in [3.8, 4) is 0 Å². The molecule has 0 radical (unpaired) electrons. The van der Waals surface area contributed by atoms with Gasteiger partial charge in [-0.2, -0.15) is 0 Å². The predicted molar refractivity (Wildman–Crippen MR) is 49.7 cm³/mol. The maximum atomic E-state index is 2.46. The molecule has 0 spiro atoms. The van der Waals surface area contributed by atoms with Gasteiger partial charge < -0.3 is 4.90 Å². The molecule has 0 aromatic heterocycles. The van der Waals surface area contributed by atoms with E-state index in [2.05, 4.69) is 25.8 Å². The van der Waals surface area contributed by atoms with E-state index >= 15 is 0 Å². The summed E-state index contributed by atoms with van der Waals surface area (Å²) in [4.78, 5) is 2.46. The molecule has 1 fully saturated rings. The predicted octanol–water partition coefficient (Wildman–Crippen LogP) is 2.37. The van der Waals surface area contributed by atoms with Gasteiger partial charge in [0, 0.05) is 0 Å². The van der Waals surface area contributed by atoms with Gasteiger partial charge in [0.05, 0.1) is 0 Å². The lowest BCUT2D eigenvalue weighted by Gasteiger charge is -2.18. The maximum absolute atomic E-state index is 2.46. The van der Waals surface area contributed by atoms with Crippen LogP contribution in [0.5, 0.6) is 0 Å². The second-order valence-corrected chi connectivity index (χ2v) is 4.24. The molecule has 1 nitrogen and oxygen atoms in total. The van der Waals surface area contributed by atoms with Gasteiger partial charge in [0.15, 0.2) is 0 Å². The molecule has 66 valence electrons. The number of nitrogens with zero attached hydrogens (tertiary/aromatic N) is 1. The molecule has 0 unspecified atom stereocenters. The van der Waals surface area contributed by atoms with Crippen LogP contribution >= 0.6 is 0 Å². The van der Waals surface area contributed by atoms with Crippen LogP contribution < -0.4 is 0 Å². The Balaban J connectivity index is 2.34. The largest absolute Gasteiger partial charge is 0.306 e. The van der Waals surface area contributed by atoms with E-state index in [-0.39, 0.29) is 0 Å². The zero-order valence-corrected chi connectivity index (χ0v) is 8.14. The first kappa shape index (κ1) is 9.05. The fourth-order valence-electron chi connectivity index (χ4n) is 1.93. The van der Waals surface area contributed by atoms with Crippen LogP contribution in [0.3, 0.4) is 0 Å². The fraction of sp³-hybridized carbons (Fsp3) is 1.00. The van der Waals surface area contributed by atoms with Gasteiger partial charge in [-0.3, -0.25) is 0 Å². The summed E-state index contributed by atoms with van der Waals surface area (Å²) in [6.45, 7) is 7.33. The van der Waals surface area contributed by atoms with E-state index in [9.17, 15) is 0 Å². The Morgan fingerprint density at radius 3 is 2.55 bits per heavy atom. The molecular formula is C10H21N. The molecule has 0 saturated carbocycles. The molecule has 1 atom stereocenters. The average Bonchev–Trinajstić information content (AvgIpc) is 2.13. The Hall–Kier alpha value is -0.0400. The second-order valence-electron chi connectivity index (χ2n) is 4.24. The molecule has 0 N–H and O–H groups in total. The molecule has 11 heavy (non-hydrogen) atoms. The monoisotopic (exact) mass is 155 g/mol. The van der Waals surface area contributed by atoms with Crippen LogP contribution in [-0.4, -0.2) is 25.0 Å². The molecule has 0 bridgehead atoms. The van der Waals surface area contributed by atoms with Crippen LogP contribution in [0.25, 0.3) is 0 Å². The third-order valence-electron chi connectivity index (χ3n) is 2.94. The number of hydrogen-bond donors (Lipinski definition) is 0. The molecule has 1 heterocycles. The van der Waals surface area contributed by atoms with Gasteiger partial charge in [0.1, 0.15) is 0 Å². The molecular weight excluding hydrogens is 134 g/mol. The van der Waals surface area contributed by atoms with Gasteiger partial charge in [-0.1, -0.05) is 13.8 Å². The molecule has 0 aromatic rings. The van der Waals surface area contributed by atoms with Crippen LogP contribution in [0.4, 0.5) is 0 Å². The molecule has 1 heteroatoms. The summed E-state index contributed by atoms with van der Waals surface area (Å²) in [7, 11) is 2.24. The standard InChI is InChI=1S/C10H21N/c1-9(2)10-5-4-7-11(3)8-6-10/h9-10H,4-8H2,1-3H3/t10-/m0/s1. The van der Waals surface area contributed by atoms with Gasteiger partial charge in [0.25, 0.3) is 0 Å². The smallest absolute Gasteiger partial charge is 0.00190 e. The van der Waals surface area contributed by atoms with Crippen LogP contribution in [0.2, 0.25) is 0 Å². The number of hydrogen-bond acceptors (Lipinski definition) is 1. The van der Waals surface area contributed by atoms with Crippen molar-refractivity contribution in [1.82, 2.24) is 4.90 Å². The van der Waals surface area contributed by atoms with Crippen molar-refractivity contribution in [2.45, 2.75) is 33.1 Å². The molecule has 1 aliphatic rings. The summed E-state index contributed by atoms with van der Waals surface area (Å²) in [5, 5.41) is 0. The highest BCUT2D eigenvalue weighted by molar-refractivity contribution is 4.69. The Kier molecular flexibility index (Phi) is 3.38. The minimum Gasteiger partial charge on any atom is -0.306 e. The highest BCUT2D eigenvalue weighted by Gasteiger charge is 2.16. The van der Waals surface area contributed by atoms with Gasteiger partial charge in [-0.25, -0.2) is 0 Å². The van der Waals surface area contributed by atoms with Gasteiger partial charge in [0.2, 0.25) is 0 Å². The first-order chi connectivity index (χ1) is 5.20. The normalized spacial score (nSPS) is 28.9. The zero-order valence-electron chi connectivity index (χ0n) is 8.14. The first-order valence-electron chi connectivity index (χ1n) is 4.88. The fourth-order valence-corrected chi connectivity index (χ4v) is 1.93. The summed E-state index contributed by atoms with van der Waals surface area (Å²) in [5.74, 6) is 1.88. The first-order valence-corrected chi connectivity index (χ1v) is 4.88. The van der Waals surface area contributed by atoms with E-state index in [1.54, 1.807) is 0 Å². The summed E-state index contributed by atoms with van der Waals surface area (Å²) in [6, 6.07) is 0. The van der Waals surface area contributed by atoms with E-state index in [1.807, 2.05) is 0 Å². The summed E-state index contributed by atoms with van der Waals surface area (Å²) >= 11 is 0. The van der Waals surface area contributed by atoms with Crippen LogP contribution in [0.15, 0.2) is 0 Å². The van der Waals surface area contributed by atoms with Gasteiger partial charge in [-0.05, 0) is 51.2 Å². The lowest BCUT2D eigenvalue weighted by molar-refractivity contribution is 0.316. The Morgan fingerprint density at radius 1 is 1.18 bits per heavy atom. The van der Waals surface area contributed by atoms with Crippen LogP contribution in [0, 0.1) is 11.8 Å². The summed E-state index contributed by atoms with van der Waals surface area (Å²) < 4.78 is 0. The summed E-state index contributed by atoms with van der Waals surface area (Å²) in [6.07, 6.45) is 4.26. The van der Waals surface area contributed by atoms with Crippen molar-refractivity contribution < 1.29 is 0 Å². The molecule has 0 aromatic carbocycles. The maximum Gasteiger partial charge on any atom is -0.00190 e. The lowest BCUT2D eigenvalue weighted by atomic mass is 9.89. The third kappa shape index (κ3) is 2.82. The van der Waals surface area contributed by atoms with Crippen LogP contribution in [0.1, 0.15) is 33.1 Å². The highest BCUT2D eigenvalue weighted by atomic mass is 15.1. The molecule has 1 aliphatic heterocycles. The van der Waals surface area contributed by atoms with Crippen molar-refractivity contribution in [1.29, 1.82) is 0 Å². The molecule has 1 rings (SSSR count). The van der Waals surface area contributed by atoms with Crippen LogP contribution in [-0.2, 0) is 0 Å². The van der Waals surface area contributed by atoms with E-state index in [1.165, 1.54) is 32.4 Å². The van der Waals surface area contributed by atoms with Crippen molar-refractivity contribution >= 4 is 0 Å². The van der Waals surface area contributed by atoms with E-state index < -0.39 is 0 Å². The van der Waals surface area contributed by atoms with Crippen molar-refractivity contribution in [2.24, 2.45) is 11.8 Å². The molecule has 1 saturated heterocycles. The van der Waals surface area contributed by atoms with Gasteiger partial charge >= 0.3 is 0 Å². The number of rotatable bonds is 1. The Bertz CT molecular complexity index is 109. The SMILES string of the molecule is CC(C)[C@H]1CCCN(C)CC1. The Labute approximate surface area is 70.8 Å². The molecule has 0 aliphatic carbocycles. The highest BCUT2D eigenvalue weighted by Crippen LogP contribution is 2.23. The van der Waals surface area contributed by atoms with Crippen molar-refractivity contribution in [3.05, 3.63) is 0 Å². The van der Waals surface area contributed by atoms with Gasteiger partial charge in [-0.15, -0.1) is 0 Å². The lowest BCUT2D eigenvalue weighted by Crippen LogP contribution is -2.19. The summed E-state index contributed by atoms with van der Waals surface area (Å²) in [5.41, 5.74) is 0.